The standard InChI is InChI=1S/C18H17ClN4OS/c1-2-10-23-17(14-6-8-20-9-7-14)21-22-18(23)25-12-11-24-16-5-3-4-15(19)13-16/h2-9,13H,1,10-12H2. The Morgan fingerprint density at radius 2 is 2.04 bits per heavy atom. The maximum absolute atomic E-state index is 5.95. The molecule has 1 aromatic carbocycles. The zero-order valence-electron chi connectivity index (χ0n) is 13.5. The maximum Gasteiger partial charge on any atom is 0.191 e. The summed E-state index contributed by atoms with van der Waals surface area (Å²) >= 11 is 7.54. The molecule has 0 amide bonds. The molecule has 5 nitrogen and oxygen atoms in total. The Kier molecular flexibility index (Phi) is 6.09. The number of hydrogen-bond donors (Lipinski definition) is 0. The highest BCUT2D eigenvalue weighted by atomic mass is 35.5. The number of benzene rings is 1. The van der Waals surface area contributed by atoms with Gasteiger partial charge in [-0.3, -0.25) is 9.55 Å². The van der Waals surface area contributed by atoms with Gasteiger partial charge in [-0.15, -0.1) is 16.8 Å². The number of hydrogen-bond acceptors (Lipinski definition) is 5. The Labute approximate surface area is 155 Å². The molecule has 0 aliphatic heterocycles. The van der Waals surface area contributed by atoms with Crippen LogP contribution >= 0.6 is 23.4 Å². The monoisotopic (exact) mass is 372 g/mol. The molecule has 0 N–H and O–H groups in total. The zero-order valence-corrected chi connectivity index (χ0v) is 15.1. The minimum atomic E-state index is 0.552. The number of allylic oxidation sites excluding steroid dienone is 1. The predicted octanol–water partition coefficient (Wildman–Crippen LogP) is 4.35. The average molecular weight is 373 g/mol. The number of rotatable bonds is 8. The number of ether oxygens (including phenoxy) is 1. The maximum atomic E-state index is 5.95. The van der Waals surface area contributed by atoms with E-state index in [2.05, 4.69) is 21.8 Å². The van der Waals surface area contributed by atoms with Gasteiger partial charge < -0.3 is 4.74 Å². The van der Waals surface area contributed by atoms with Gasteiger partial charge in [-0.2, -0.15) is 0 Å². The minimum Gasteiger partial charge on any atom is -0.493 e. The van der Waals surface area contributed by atoms with Crippen molar-refractivity contribution in [3.8, 4) is 17.1 Å². The smallest absolute Gasteiger partial charge is 0.191 e. The molecule has 0 spiro atoms. The van der Waals surface area contributed by atoms with E-state index in [1.54, 1.807) is 30.2 Å². The second-order valence-electron chi connectivity index (χ2n) is 5.10. The molecule has 25 heavy (non-hydrogen) atoms. The van der Waals surface area contributed by atoms with Crippen molar-refractivity contribution in [2.75, 3.05) is 12.4 Å². The van der Waals surface area contributed by atoms with Gasteiger partial charge in [0.15, 0.2) is 11.0 Å². The molecular formula is C18H17ClN4OS. The third-order valence-corrected chi connectivity index (χ3v) is 4.51. The largest absolute Gasteiger partial charge is 0.493 e. The summed E-state index contributed by atoms with van der Waals surface area (Å²) in [5.74, 6) is 2.32. The number of nitrogens with zero attached hydrogens (tertiary/aromatic N) is 4. The SMILES string of the molecule is C=CCn1c(SCCOc2cccc(Cl)c2)nnc1-c1ccncc1. The van der Waals surface area contributed by atoms with Crippen LogP contribution in [-0.2, 0) is 6.54 Å². The Balaban J connectivity index is 1.64. The van der Waals surface area contributed by atoms with Crippen molar-refractivity contribution in [2.45, 2.75) is 11.7 Å². The summed E-state index contributed by atoms with van der Waals surface area (Å²) in [6.07, 6.45) is 5.32. The van der Waals surface area contributed by atoms with Crippen LogP contribution in [0.15, 0.2) is 66.6 Å². The Hall–Kier alpha value is -2.31. The molecule has 0 aliphatic carbocycles. The highest BCUT2D eigenvalue weighted by Crippen LogP contribution is 2.24. The van der Waals surface area contributed by atoms with Gasteiger partial charge >= 0.3 is 0 Å². The number of thioether (sulfide) groups is 1. The highest BCUT2D eigenvalue weighted by Gasteiger charge is 2.13. The molecular weight excluding hydrogens is 356 g/mol. The molecule has 3 aromatic rings. The van der Waals surface area contributed by atoms with E-state index in [0.29, 0.717) is 18.2 Å². The number of halogens is 1. The molecule has 3 rings (SSSR count). The van der Waals surface area contributed by atoms with Crippen LogP contribution in [0.5, 0.6) is 5.75 Å². The lowest BCUT2D eigenvalue weighted by atomic mass is 10.2. The third kappa shape index (κ3) is 4.61. The van der Waals surface area contributed by atoms with Crippen molar-refractivity contribution in [1.29, 1.82) is 0 Å². The predicted molar refractivity (Wildman–Crippen MR) is 101 cm³/mol. The van der Waals surface area contributed by atoms with Gasteiger partial charge in [-0.25, -0.2) is 0 Å². The fraction of sp³-hybridized carbons (Fsp3) is 0.167. The van der Waals surface area contributed by atoms with Crippen molar-refractivity contribution in [3.05, 3.63) is 66.5 Å². The van der Waals surface area contributed by atoms with Crippen LogP contribution in [0.1, 0.15) is 0 Å². The van der Waals surface area contributed by atoms with Crippen molar-refractivity contribution < 1.29 is 4.74 Å². The lowest BCUT2D eigenvalue weighted by Gasteiger charge is -2.08. The fourth-order valence-electron chi connectivity index (χ4n) is 2.25. The van der Waals surface area contributed by atoms with Gasteiger partial charge in [0.05, 0.1) is 6.61 Å². The van der Waals surface area contributed by atoms with Crippen molar-refractivity contribution >= 4 is 23.4 Å². The van der Waals surface area contributed by atoms with E-state index in [9.17, 15) is 0 Å². The molecule has 2 aromatic heterocycles. The van der Waals surface area contributed by atoms with Gasteiger partial charge in [0.2, 0.25) is 0 Å². The van der Waals surface area contributed by atoms with Crippen molar-refractivity contribution in [2.24, 2.45) is 0 Å². The molecule has 7 heteroatoms. The third-order valence-electron chi connectivity index (χ3n) is 3.35. The van der Waals surface area contributed by atoms with E-state index >= 15 is 0 Å². The van der Waals surface area contributed by atoms with E-state index in [-0.39, 0.29) is 0 Å². The molecule has 0 saturated carbocycles. The number of aromatic nitrogens is 4. The van der Waals surface area contributed by atoms with Gasteiger partial charge in [-0.05, 0) is 30.3 Å². The van der Waals surface area contributed by atoms with E-state index in [1.807, 2.05) is 41.0 Å². The first-order chi connectivity index (χ1) is 12.3. The van der Waals surface area contributed by atoms with Gasteiger partial charge in [-0.1, -0.05) is 35.5 Å². The molecule has 128 valence electrons. The van der Waals surface area contributed by atoms with Gasteiger partial charge in [0, 0.05) is 35.3 Å². The highest BCUT2D eigenvalue weighted by molar-refractivity contribution is 7.99. The molecule has 0 saturated heterocycles. The van der Waals surface area contributed by atoms with E-state index in [4.69, 9.17) is 16.3 Å². The first-order valence-electron chi connectivity index (χ1n) is 7.73. The van der Waals surface area contributed by atoms with Crippen LogP contribution in [0, 0.1) is 0 Å². The Morgan fingerprint density at radius 1 is 1.20 bits per heavy atom. The summed E-state index contributed by atoms with van der Waals surface area (Å²) in [5, 5.41) is 10.1. The molecule has 0 bridgehead atoms. The lowest BCUT2D eigenvalue weighted by Crippen LogP contribution is -2.04. The second-order valence-corrected chi connectivity index (χ2v) is 6.59. The number of pyridine rings is 1. The topological polar surface area (TPSA) is 52.8 Å². The first kappa shape index (κ1) is 17.5. The summed E-state index contributed by atoms with van der Waals surface area (Å²) in [5.41, 5.74) is 0.978. The zero-order chi connectivity index (χ0) is 17.5. The van der Waals surface area contributed by atoms with E-state index in [1.165, 1.54) is 0 Å². The van der Waals surface area contributed by atoms with Crippen LogP contribution in [-0.4, -0.2) is 32.1 Å². The molecule has 0 aliphatic rings. The Bertz CT molecular complexity index is 838. The summed E-state index contributed by atoms with van der Waals surface area (Å²) in [6, 6.07) is 11.2. The van der Waals surface area contributed by atoms with Gasteiger partial charge in [0.1, 0.15) is 5.75 Å². The molecule has 0 radical (unpaired) electrons. The fourth-order valence-corrected chi connectivity index (χ4v) is 3.20. The normalized spacial score (nSPS) is 10.6. The average Bonchev–Trinajstić information content (AvgIpc) is 3.03. The summed E-state index contributed by atoms with van der Waals surface area (Å²) in [6.45, 7) is 5.01. The summed E-state index contributed by atoms with van der Waals surface area (Å²) in [4.78, 5) is 4.04. The van der Waals surface area contributed by atoms with Crippen molar-refractivity contribution in [3.63, 3.8) is 0 Å². The van der Waals surface area contributed by atoms with Crippen LogP contribution in [0.4, 0.5) is 0 Å². The van der Waals surface area contributed by atoms with Crippen molar-refractivity contribution in [1.82, 2.24) is 19.7 Å². The molecule has 0 fully saturated rings. The summed E-state index contributed by atoms with van der Waals surface area (Å²) < 4.78 is 7.74. The lowest BCUT2D eigenvalue weighted by molar-refractivity contribution is 0.344. The van der Waals surface area contributed by atoms with Crippen LogP contribution in [0.2, 0.25) is 5.02 Å². The molecule has 2 heterocycles. The molecule has 0 unspecified atom stereocenters. The molecule has 0 atom stereocenters. The van der Waals surface area contributed by atoms with Crippen LogP contribution in [0.25, 0.3) is 11.4 Å². The first-order valence-corrected chi connectivity index (χ1v) is 9.10. The van der Waals surface area contributed by atoms with Crippen LogP contribution in [0.3, 0.4) is 0 Å². The quantitative estimate of drug-likeness (QED) is 0.334. The second kappa shape index (κ2) is 8.69. The Morgan fingerprint density at radius 3 is 2.80 bits per heavy atom. The summed E-state index contributed by atoms with van der Waals surface area (Å²) in [7, 11) is 0. The van der Waals surface area contributed by atoms with E-state index in [0.717, 1.165) is 28.0 Å². The minimum absolute atomic E-state index is 0.552. The van der Waals surface area contributed by atoms with Crippen LogP contribution < -0.4 is 4.74 Å². The van der Waals surface area contributed by atoms with E-state index < -0.39 is 0 Å². The van der Waals surface area contributed by atoms with Gasteiger partial charge in [0.25, 0.3) is 0 Å².